The second kappa shape index (κ2) is 16.3. The van der Waals surface area contributed by atoms with Crippen molar-refractivity contribution in [3.8, 4) is 11.8 Å². The van der Waals surface area contributed by atoms with E-state index in [9.17, 15) is 23.1 Å². The molecule has 1 aromatic heterocycles. The van der Waals surface area contributed by atoms with Gasteiger partial charge >= 0.3 is 6.18 Å². The number of nitrogen functional groups attached to an aromatic ring is 1. The van der Waals surface area contributed by atoms with Gasteiger partial charge in [0.25, 0.3) is 0 Å². The molecule has 224 valence electrons. The third kappa shape index (κ3) is 12.2. The number of carbonyl (C=O) groups excluding carboxylic acids is 1. The summed E-state index contributed by atoms with van der Waals surface area (Å²) in [6.07, 6.45) is 1.15. The number of hydrogen-bond acceptors (Lipinski definition) is 8. The fourth-order valence-electron chi connectivity index (χ4n) is 3.81. The number of aryl methyl sites for hydroxylation is 1. The van der Waals surface area contributed by atoms with Gasteiger partial charge in [-0.05, 0) is 68.4 Å². The summed E-state index contributed by atoms with van der Waals surface area (Å²) < 4.78 is 31.1. The molecule has 3 aromatic rings. The van der Waals surface area contributed by atoms with Crippen molar-refractivity contribution in [2.45, 2.75) is 57.9 Å². The number of benzene rings is 2. The lowest BCUT2D eigenvalue weighted by molar-refractivity contribution is -0.110. The van der Waals surface area contributed by atoms with Crippen LogP contribution in [0.1, 0.15) is 59.7 Å². The van der Waals surface area contributed by atoms with Crippen LogP contribution in [0.2, 0.25) is 5.02 Å². The van der Waals surface area contributed by atoms with Crippen molar-refractivity contribution in [3.63, 3.8) is 0 Å². The molecule has 0 spiro atoms. The van der Waals surface area contributed by atoms with Crippen LogP contribution in [-0.2, 0) is 0 Å². The minimum absolute atomic E-state index is 0.0747. The summed E-state index contributed by atoms with van der Waals surface area (Å²) in [7, 11) is 1.86. The molecule has 0 atom stereocenters. The number of nitrogens with two attached hydrogens (primary N) is 1. The summed E-state index contributed by atoms with van der Waals surface area (Å²) in [5.74, 6) is 6.71. The molecule has 4 rings (SSSR count). The molecule has 1 aliphatic rings. The Morgan fingerprint density at radius 1 is 1.14 bits per heavy atom. The van der Waals surface area contributed by atoms with Crippen LogP contribution >= 0.6 is 11.6 Å². The van der Waals surface area contributed by atoms with Gasteiger partial charge in [0.15, 0.2) is 0 Å². The number of nitrogens with one attached hydrogen (secondary N) is 3. The first-order chi connectivity index (χ1) is 19.8. The zero-order valence-electron chi connectivity index (χ0n) is 23.5. The number of aromatic nitrogens is 2. The first-order valence-corrected chi connectivity index (χ1v) is 13.4. The van der Waals surface area contributed by atoms with Gasteiger partial charge in [0, 0.05) is 41.9 Å². The number of carbonyl (C=O) groups is 1. The van der Waals surface area contributed by atoms with Crippen LogP contribution in [-0.4, -0.2) is 52.4 Å². The molecule has 1 saturated carbocycles. The summed E-state index contributed by atoms with van der Waals surface area (Å²) in [4.78, 5) is 18.4. The predicted molar refractivity (Wildman–Crippen MR) is 161 cm³/mol. The Labute approximate surface area is 248 Å². The van der Waals surface area contributed by atoms with E-state index >= 15 is 0 Å². The largest absolute Gasteiger partial charge is 0.393 e. The van der Waals surface area contributed by atoms with E-state index in [4.69, 9.17) is 22.7 Å². The highest BCUT2D eigenvalue weighted by Gasteiger charge is 2.22. The number of aldehydes is 1. The molecule has 0 radical (unpaired) electrons. The second-order valence-corrected chi connectivity index (χ2v) is 9.92. The summed E-state index contributed by atoms with van der Waals surface area (Å²) in [5, 5.41) is 25.2. The second-order valence-electron chi connectivity index (χ2n) is 9.49. The van der Waals surface area contributed by atoms with Crippen LogP contribution in [0.15, 0.2) is 48.8 Å². The van der Waals surface area contributed by atoms with E-state index in [1.54, 1.807) is 24.3 Å². The molecule has 0 saturated heterocycles. The van der Waals surface area contributed by atoms with Crippen LogP contribution in [0, 0.1) is 24.2 Å². The lowest BCUT2D eigenvalue weighted by Crippen LogP contribution is -2.29. The molecule has 0 unspecified atom stereocenters. The van der Waals surface area contributed by atoms with Crippen molar-refractivity contribution < 1.29 is 23.1 Å². The smallest absolute Gasteiger partial charge is 0.386 e. The molecular formula is C30H34ClF3N6O2. The number of nitrogens with zero attached hydrogens (tertiary/aromatic N) is 2. The van der Waals surface area contributed by atoms with Crippen LogP contribution in [0.4, 0.5) is 30.5 Å². The van der Waals surface area contributed by atoms with Gasteiger partial charge in [-0.3, -0.25) is 10.2 Å². The Hall–Kier alpha value is -4.14. The molecular weight excluding hydrogens is 569 g/mol. The highest BCUT2D eigenvalue weighted by molar-refractivity contribution is 6.30. The number of anilines is 3. The van der Waals surface area contributed by atoms with Gasteiger partial charge in [-0.15, -0.1) is 0 Å². The first-order valence-electron chi connectivity index (χ1n) is 13.0. The van der Waals surface area contributed by atoms with Crippen molar-refractivity contribution in [1.82, 2.24) is 9.97 Å². The van der Waals surface area contributed by atoms with E-state index in [2.05, 4.69) is 32.4 Å². The summed E-state index contributed by atoms with van der Waals surface area (Å²) >= 11 is 5.55. The fourth-order valence-corrected chi connectivity index (χ4v) is 3.94. The van der Waals surface area contributed by atoms with Crippen LogP contribution in [0.3, 0.4) is 0 Å². The molecule has 12 heteroatoms. The Morgan fingerprint density at radius 2 is 1.76 bits per heavy atom. The molecule has 0 amide bonds. The number of aliphatic hydroxyl groups excluding tert-OH is 1. The van der Waals surface area contributed by atoms with E-state index in [0.29, 0.717) is 22.0 Å². The van der Waals surface area contributed by atoms with Crippen molar-refractivity contribution in [2.24, 2.45) is 0 Å². The number of halogens is 4. The molecule has 2 aromatic carbocycles. The number of aliphatic hydroxyl groups is 1. The average Bonchev–Trinajstić information content (AvgIpc) is 2.94. The average molecular weight is 603 g/mol. The van der Waals surface area contributed by atoms with E-state index in [0.717, 1.165) is 48.8 Å². The Balaban J connectivity index is 0.000000362. The SMILES string of the molecule is CC(F)(F)F.CNc1ccc(C)c(C#CC(=N)c2c(N)ncnc2NC2CCC(O)CC2)c1.O=Cc1ccc(Cl)cc1. The molecule has 1 heterocycles. The number of rotatable bonds is 5. The standard InChI is InChI=1S/C21H26N6O.C7H5ClO.C2H3F3/c1-13-3-5-16(24-2)11-14(13)4-10-18(22)19-20(23)25-12-26-21(19)27-15-6-8-17(28)9-7-15;8-7-3-1-6(5-9)2-4-7;1-2(3,4)5/h3,5,11-12,15,17,22,24,28H,6-9H2,1-2H3,(H3,23,25,26,27);1-5H;1H3. The van der Waals surface area contributed by atoms with Gasteiger partial charge in [-0.25, -0.2) is 9.97 Å². The topological polar surface area (TPSA) is 137 Å². The monoisotopic (exact) mass is 602 g/mol. The summed E-state index contributed by atoms with van der Waals surface area (Å²) in [5.41, 5.74) is 10.0. The summed E-state index contributed by atoms with van der Waals surface area (Å²) in [6.45, 7) is 2.17. The van der Waals surface area contributed by atoms with Gasteiger partial charge in [-0.2, -0.15) is 13.2 Å². The molecule has 1 aliphatic carbocycles. The lowest BCUT2D eigenvalue weighted by Gasteiger charge is -2.27. The maximum Gasteiger partial charge on any atom is 0.386 e. The Bertz CT molecular complexity index is 1390. The molecule has 0 aliphatic heterocycles. The van der Waals surface area contributed by atoms with Crippen molar-refractivity contribution in [3.05, 3.63) is 76.1 Å². The highest BCUT2D eigenvalue weighted by Crippen LogP contribution is 2.25. The van der Waals surface area contributed by atoms with Crippen molar-refractivity contribution in [2.75, 3.05) is 23.4 Å². The van der Waals surface area contributed by atoms with Crippen LogP contribution < -0.4 is 16.4 Å². The van der Waals surface area contributed by atoms with Crippen molar-refractivity contribution in [1.29, 1.82) is 5.41 Å². The Morgan fingerprint density at radius 3 is 2.33 bits per heavy atom. The van der Waals surface area contributed by atoms with Gasteiger partial charge in [0.05, 0.1) is 11.7 Å². The maximum atomic E-state index is 10.4. The van der Waals surface area contributed by atoms with E-state index in [1.165, 1.54) is 6.33 Å². The summed E-state index contributed by atoms with van der Waals surface area (Å²) in [6, 6.07) is 12.8. The van der Waals surface area contributed by atoms with E-state index in [1.807, 2.05) is 32.2 Å². The third-order valence-corrected chi connectivity index (χ3v) is 6.27. The zero-order chi connectivity index (χ0) is 31.3. The quantitative estimate of drug-likeness (QED) is 0.132. The normalized spacial score (nSPS) is 15.8. The highest BCUT2D eigenvalue weighted by atomic mass is 35.5. The zero-order valence-corrected chi connectivity index (χ0v) is 24.3. The Kier molecular flexibility index (Phi) is 13.3. The molecule has 6 N–H and O–H groups in total. The molecule has 8 nitrogen and oxygen atoms in total. The van der Waals surface area contributed by atoms with Gasteiger partial charge < -0.3 is 21.5 Å². The van der Waals surface area contributed by atoms with Gasteiger partial charge in [-0.1, -0.05) is 35.7 Å². The maximum absolute atomic E-state index is 10.4. The molecule has 0 bridgehead atoms. The van der Waals surface area contributed by atoms with Crippen molar-refractivity contribution >= 4 is 40.9 Å². The first kappa shape index (κ1) is 34.1. The minimum Gasteiger partial charge on any atom is -0.393 e. The van der Waals surface area contributed by atoms with Crippen LogP contribution in [0.25, 0.3) is 0 Å². The predicted octanol–water partition coefficient (Wildman–Crippen LogP) is 6.26. The minimum atomic E-state index is -4.00. The number of hydrogen-bond donors (Lipinski definition) is 5. The fraction of sp³-hybridized carbons (Fsp3) is 0.333. The van der Waals surface area contributed by atoms with Crippen LogP contribution in [0.5, 0.6) is 0 Å². The van der Waals surface area contributed by atoms with Gasteiger partial charge in [0.1, 0.15) is 30.0 Å². The molecule has 1 fully saturated rings. The molecule has 42 heavy (non-hydrogen) atoms. The lowest BCUT2D eigenvalue weighted by atomic mass is 9.93. The third-order valence-electron chi connectivity index (χ3n) is 6.02. The van der Waals surface area contributed by atoms with E-state index < -0.39 is 6.18 Å². The number of alkyl halides is 3. The van der Waals surface area contributed by atoms with Gasteiger partial charge in [0.2, 0.25) is 0 Å². The van der Waals surface area contributed by atoms with E-state index in [-0.39, 0.29) is 30.6 Å².